The van der Waals surface area contributed by atoms with Gasteiger partial charge in [-0.2, -0.15) is 0 Å². The van der Waals surface area contributed by atoms with Crippen molar-refractivity contribution < 1.29 is 0 Å². The number of benzene rings is 12. The van der Waals surface area contributed by atoms with Gasteiger partial charge in [0.25, 0.3) is 0 Å². The van der Waals surface area contributed by atoms with Gasteiger partial charge in [0.05, 0.1) is 0 Å². The van der Waals surface area contributed by atoms with Gasteiger partial charge >= 0.3 is 0 Å². The molecule has 0 spiro atoms. The van der Waals surface area contributed by atoms with Crippen LogP contribution in [0.2, 0.25) is 0 Å². The van der Waals surface area contributed by atoms with Crippen molar-refractivity contribution in [3.05, 3.63) is 218 Å². The molecule has 0 amide bonds. The summed E-state index contributed by atoms with van der Waals surface area (Å²) in [4.78, 5) is 0. The van der Waals surface area contributed by atoms with Crippen molar-refractivity contribution in [1.29, 1.82) is 0 Å². The minimum absolute atomic E-state index is 1.27. The maximum atomic E-state index is 2.37. The highest BCUT2D eigenvalue weighted by Crippen LogP contribution is 2.53. The Labute approximate surface area is 397 Å². The van der Waals surface area contributed by atoms with Crippen LogP contribution in [0, 0.1) is 0 Å². The van der Waals surface area contributed by atoms with Gasteiger partial charge in [-0.1, -0.05) is 188 Å². The van der Waals surface area contributed by atoms with Crippen molar-refractivity contribution in [3.63, 3.8) is 0 Å². The zero-order chi connectivity index (χ0) is 43.7. The smallest absolute Gasteiger partial charge is 0.0434 e. The summed E-state index contributed by atoms with van der Waals surface area (Å²) in [7, 11) is 0. The molecule has 0 unspecified atom stereocenters. The van der Waals surface area contributed by atoms with E-state index in [0.29, 0.717) is 0 Å². The Kier molecular flexibility index (Phi) is 8.08. The van der Waals surface area contributed by atoms with Gasteiger partial charge in [0.2, 0.25) is 0 Å². The van der Waals surface area contributed by atoms with Crippen molar-refractivity contribution in [3.8, 4) is 44.5 Å². The maximum Gasteiger partial charge on any atom is 0.0434 e. The van der Waals surface area contributed by atoms with Crippen LogP contribution in [0.25, 0.3) is 148 Å². The molecule has 0 saturated heterocycles. The Balaban J connectivity index is 1.01. The van der Waals surface area contributed by atoms with Crippen LogP contribution in [0.1, 0.15) is 0 Å². The van der Waals surface area contributed by atoms with Crippen LogP contribution < -0.4 is 0 Å². The van der Waals surface area contributed by atoms with Gasteiger partial charge in [0, 0.05) is 66.1 Å². The summed E-state index contributed by atoms with van der Waals surface area (Å²) in [5.74, 6) is 0. The van der Waals surface area contributed by atoms with Crippen molar-refractivity contribution in [1.82, 2.24) is 0 Å². The Morgan fingerprint density at radius 3 is 0.821 bits per heavy atom. The van der Waals surface area contributed by atoms with Crippen molar-refractivity contribution in [2.45, 2.75) is 0 Å². The zero-order valence-corrected chi connectivity index (χ0v) is 38.5. The first-order valence-electron chi connectivity index (χ1n) is 22.9. The van der Waals surface area contributed by atoms with Gasteiger partial charge in [-0.25, -0.2) is 0 Å². The molecule has 0 radical (unpaired) electrons. The van der Waals surface area contributed by atoms with E-state index in [0.717, 1.165) is 0 Å². The van der Waals surface area contributed by atoms with Crippen LogP contribution in [0.5, 0.6) is 0 Å². The van der Waals surface area contributed by atoms with Crippen LogP contribution in [0.15, 0.2) is 218 Å². The Hall–Kier alpha value is -7.66. The Morgan fingerprint density at radius 1 is 0.179 bits per heavy atom. The minimum Gasteiger partial charge on any atom is -0.135 e. The third kappa shape index (κ3) is 5.33. The molecule has 15 rings (SSSR count). The third-order valence-corrected chi connectivity index (χ3v) is 17.7. The van der Waals surface area contributed by atoms with E-state index >= 15 is 0 Å². The summed E-state index contributed by atoms with van der Waals surface area (Å²) in [6.45, 7) is 0. The molecule has 0 fully saturated rings. The van der Waals surface area contributed by atoms with E-state index in [4.69, 9.17) is 0 Å². The summed E-state index contributed by atoms with van der Waals surface area (Å²) in [6, 6.07) is 82.0. The van der Waals surface area contributed by atoms with Gasteiger partial charge in [-0.05, 0) is 112 Å². The van der Waals surface area contributed by atoms with Crippen molar-refractivity contribution in [2.75, 3.05) is 0 Å². The first-order chi connectivity index (χ1) is 33.3. The molecule has 67 heavy (non-hydrogen) atoms. The fraction of sp³-hybridized carbons (Fsp3) is 0. The van der Waals surface area contributed by atoms with Crippen molar-refractivity contribution in [2.24, 2.45) is 0 Å². The van der Waals surface area contributed by atoms with Gasteiger partial charge in [0.1, 0.15) is 0 Å². The second kappa shape index (κ2) is 14.4. The maximum absolute atomic E-state index is 2.37. The first-order valence-corrected chi connectivity index (χ1v) is 25.4. The first kappa shape index (κ1) is 37.5. The highest BCUT2D eigenvalue weighted by Gasteiger charge is 2.25. The lowest BCUT2D eigenvalue weighted by Crippen LogP contribution is -1.92. The summed E-state index contributed by atoms with van der Waals surface area (Å²) >= 11 is 5.71. The van der Waals surface area contributed by atoms with E-state index in [-0.39, 0.29) is 0 Å². The van der Waals surface area contributed by atoms with Gasteiger partial charge in [0.15, 0.2) is 0 Å². The van der Waals surface area contributed by atoms with Crippen LogP contribution in [-0.4, -0.2) is 0 Å². The molecule has 0 aliphatic rings. The van der Waals surface area contributed by atoms with Gasteiger partial charge < -0.3 is 0 Å². The molecule has 0 saturated carbocycles. The molecule has 0 aliphatic heterocycles. The largest absolute Gasteiger partial charge is 0.135 e. The minimum atomic E-state index is 1.27. The molecule has 3 heterocycles. The lowest BCUT2D eigenvalue weighted by molar-refractivity contribution is 1.71. The monoisotopic (exact) mass is 900 g/mol. The molecule has 12 aromatic carbocycles. The van der Waals surface area contributed by atoms with E-state index in [9.17, 15) is 0 Å². The molecule has 0 nitrogen and oxygen atoms in total. The number of fused-ring (bicyclic) bond motifs is 13. The lowest BCUT2D eigenvalue weighted by atomic mass is 9.83. The lowest BCUT2D eigenvalue weighted by Gasteiger charge is -2.19. The SMILES string of the molecule is c1ccc2c(c1)sc1cccc(-c3c4ccccc4c(-c4cccc5c4sc4cccc(-c6c7ccccc7c(-c7cccc8sc9ccccc9c78)c7ccccc67)c45)c4ccccc34)c12. The summed E-state index contributed by atoms with van der Waals surface area (Å²) in [5.41, 5.74) is 10.4. The van der Waals surface area contributed by atoms with Crippen LogP contribution in [0.4, 0.5) is 0 Å². The van der Waals surface area contributed by atoms with E-state index < -0.39 is 0 Å². The highest BCUT2D eigenvalue weighted by molar-refractivity contribution is 7.27. The molecular formula is C64H36S3. The van der Waals surface area contributed by atoms with E-state index in [1.165, 1.54) is 148 Å². The van der Waals surface area contributed by atoms with E-state index in [2.05, 4.69) is 218 Å². The van der Waals surface area contributed by atoms with E-state index in [1.807, 2.05) is 34.0 Å². The number of hydrogen-bond donors (Lipinski definition) is 0. The molecule has 310 valence electrons. The molecule has 0 atom stereocenters. The third-order valence-electron chi connectivity index (χ3n) is 14.3. The molecule has 0 aliphatic carbocycles. The molecule has 15 aromatic rings. The summed E-state index contributed by atoms with van der Waals surface area (Å²) < 4.78 is 7.92. The Bertz CT molecular complexity index is 4460. The fourth-order valence-corrected chi connectivity index (χ4v) is 15.1. The second-order valence-electron chi connectivity index (χ2n) is 17.7. The predicted molar refractivity (Wildman–Crippen MR) is 297 cm³/mol. The van der Waals surface area contributed by atoms with Gasteiger partial charge in [-0.15, -0.1) is 34.0 Å². The predicted octanol–water partition coefficient (Wildman–Crippen LogP) is 20.1. The molecule has 0 N–H and O–H groups in total. The number of thiophene rings is 3. The molecule has 0 bridgehead atoms. The zero-order valence-electron chi connectivity index (χ0n) is 36.0. The quantitative estimate of drug-likeness (QED) is 0.154. The highest BCUT2D eigenvalue weighted by atomic mass is 32.1. The van der Waals surface area contributed by atoms with Crippen LogP contribution in [-0.2, 0) is 0 Å². The normalized spacial score (nSPS) is 12.2. The molecule has 3 heteroatoms. The van der Waals surface area contributed by atoms with Crippen molar-refractivity contribution >= 4 is 138 Å². The average Bonchev–Trinajstić information content (AvgIpc) is 4.09. The fourth-order valence-electron chi connectivity index (χ4n) is 11.6. The van der Waals surface area contributed by atoms with Gasteiger partial charge in [-0.3, -0.25) is 0 Å². The van der Waals surface area contributed by atoms with E-state index in [1.54, 1.807) is 0 Å². The molecule has 3 aromatic heterocycles. The number of rotatable bonds is 4. The van der Waals surface area contributed by atoms with Crippen LogP contribution >= 0.6 is 34.0 Å². The second-order valence-corrected chi connectivity index (χ2v) is 20.9. The average molecular weight is 901 g/mol. The Morgan fingerprint density at radius 2 is 0.433 bits per heavy atom. The topological polar surface area (TPSA) is 0 Å². The van der Waals surface area contributed by atoms with Crippen LogP contribution in [0.3, 0.4) is 0 Å². The summed E-state index contributed by atoms with van der Waals surface area (Å²) in [6.07, 6.45) is 0. The molecular weight excluding hydrogens is 865 g/mol. The summed E-state index contributed by atoms with van der Waals surface area (Å²) in [5, 5.41) is 18.2. The number of hydrogen-bond acceptors (Lipinski definition) is 3. The standard InChI is InChI=1S/C64H36S3/c1-3-19-39-37(17-1)57(47-27-14-34-54-61(47)45-25-9-11-32-52(45)65-54)38-18-2-4-20-40(38)59(39)49-29-16-36-56-63(49)51-31-13-30-50(64(51)67-56)60-43-23-7-5-21-41(43)58(42-22-6-8-24-44(42)60)48-28-15-35-55-62(48)46-26-10-12-33-53(46)66-55/h1-36H.